The van der Waals surface area contributed by atoms with Gasteiger partial charge in [0.25, 0.3) is 0 Å². The third-order valence-corrected chi connectivity index (χ3v) is 2.93. The van der Waals surface area contributed by atoms with Gasteiger partial charge in [-0.2, -0.15) is 0 Å². The number of hydrogen-bond acceptors (Lipinski definition) is 3. The van der Waals surface area contributed by atoms with Crippen LogP contribution < -0.4 is 0 Å². The van der Waals surface area contributed by atoms with Crippen molar-refractivity contribution >= 4 is 40.1 Å². The fourth-order valence-corrected chi connectivity index (χ4v) is 2.16. The van der Waals surface area contributed by atoms with Gasteiger partial charge in [0.15, 0.2) is 0 Å². The van der Waals surface area contributed by atoms with Crippen LogP contribution >= 0.6 is 23.2 Å². The molecule has 2 aromatic rings. The molecule has 0 aliphatic carbocycles. The zero-order chi connectivity index (χ0) is 12.4. The molecule has 0 fully saturated rings. The van der Waals surface area contributed by atoms with Gasteiger partial charge in [0.1, 0.15) is 10.7 Å². The Labute approximate surface area is 108 Å². The van der Waals surface area contributed by atoms with E-state index in [2.05, 4.69) is 4.98 Å². The van der Waals surface area contributed by atoms with Gasteiger partial charge in [-0.1, -0.05) is 41.4 Å². The molecular formula is C12H9Cl2NO2. The largest absolute Gasteiger partial charge is 0.462 e. The van der Waals surface area contributed by atoms with Gasteiger partial charge < -0.3 is 4.74 Å². The second kappa shape index (κ2) is 4.90. The number of halogens is 2. The lowest BCUT2D eigenvalue weighted by atomic mass is 10.1. The van der Waals surface area contributed by atoms with E-state index in [0.29, 0.717) is 10.9 Å². The summed E-state index contributed by atoms with van der Waals surface area (Å²) >= 11 is 12.1. The van der Waals surface area contributed by atoms with Crippen LogP contribution in [0.15, 0.2) is 24.3 Å². The van der Waals surface area contributed by atoms with Crippen LogP contribution in [0.25, 0.3) is 10.9 Å². The highest BCUT2D eigenvalue weighted by atomic mass is 35.5. The summed E-state index contributed by atoms with van der Waals surface area (Å²) in [6, 6.07) is 7.20. The molecule has 1 heterocycles. The monoisotopic (exact) mass is 269 g/mol. The van der Waals surface area contributed by atoms with Crippen LogP contribution in [0.1, 0.15) is 17.3 Å². The number of carbonyl (C=O) groups is 1. The van der Waals surface area contributed by atoms with Crippen molar-refractivity contribution < 1.29 is 9.53 Å². The van der Waals surface area contributed by atoms with E-state index in [1.54, 1.807) is 19.1 Å². The summed E-state index contributed by atoms with van der Waals surface area (Å²) in [5, 5.41) is 1.02. The van der Waals surface area contributed by atoms with E-state index >= 15 is 0 Å². The van der Waals surface area contributed by atoms with Crippen molar-refractivity contribution in [1.82, 2.24) is 4.98 Å². The molecule has 1 aromatic carbocycles. The Morgan fingerprint density at radius 2 is 2.06 bits per heavy atom. The zero-order valence-electron chi connectivity index (χ0n) is 9.04. The molecule has 0 radical (unpaired) electrons. The standard InChI is InChI=1S/C12H9Cl2NO2/c1-2-17-12(16)9-10(13)7-5-3-4-6-8(7)15-11(9)14/h3-6H,2H2,1H3. The summed E-state index contributed by atoms with van der Waals surface area (Å²) in [5.74, 6) is -0.555. The zero-order valence-corrected chi connectivity index (χ0v) is 10.5. The van der Waals surface area contributed by atoms with Crippen molar-refractivity contribution in [2.45, 2.75) is 6.92 Å². The third-order valence-electron chi connectivity index (χ3n) is 2.26. The first-order valence-corrected chi connectivity index (χ1v) is 5.81. The molecule has 0 unspecified atom stereocenters. The normalized spacial score (nSPS) is 10.5. The molecule has 0 spiro atoms. The molecule has 17 heavy (non-hydrogen) atoms. The number of hydrogen-bond donors (Lipinski definition) is 0. The molecule has 0 aliphatic heterocycles. The minimum Gasteiger partial charge on any atom is -0.462 e. The van der Waals surface area contributed by atoms with Crippen LogP contribution in [0.3, 0.4) is 0 Å². The lowest BCUT2D eigenvalue weighted by molar-refractivity contribution is 0.0526. The fraction of sp³-hybridized carbons (Fsp3) is 0.167. The van der Waals surface area contributed by atoms with Crippen molar-refractivity contribution in [2.24, 2.45) is 0 Å². The molecule has 88 valence electrons. The quantitative estimate of drug-likeness (QED) is 0.616. The van der Waals surface area contributed by atoms with Crippen molar-refractivity contribution in [1.29, 1.82) is 0 Å². The van der Waals surface area contributed by atoms with Gasteiger partial charge in [-0.25, -0.2) is 9.78 Å². The summed E-state index contributed by atoms with van der Waals surface area (Å²) in [7, 11) is 0. The number of rotatable bonds is 2. The first-order valence-electron chi connectivity index (χ1n) is 5.06. The molecular weight excluding hydrogens is 261 g/mol. The maximum atomic E-state index is 11.7. The SMILES string of the molecule is CCOC(=O)c1c(Cl)nc2ccccc2c1Cl. The van der Waals surface area contributed by atoms with Gasteiger partial charge >= 0.3 is 5.97 Å². The number of nitrogens with zero attached hydrogens (tertiary/aromatic N) is 1. The third kappa shape index (κ3) is 2.21. The van der Waals surface area contributed by atoms with E-state index in [1.807, 2.05) is 12.1 Å². The van der Waals surface area contributed by atoms with E-state index in [4.69, 9.17) is 27.9 Å². The maximum Gasteiger partial charge on any atom is 0.342 e. The second-order valence-corrected chi connectivity index (χ2v) is 4.07. The average Bonchev–Trinajstić information content (AvgIpc) is 2.29. The Bertz CT molecular complexity index is 584. The first kappa shape index (κ1) is 12.1. The van der Waals surface area contributed by atoms with E-state index in [-0.39, 0.29) is 22.3 Å². The minimum atomic E-state index is -0.555. The van der Waals surface area contributed by atoms with Crippen molar-refractivity contribution in [3.05, 3.63) is 40.0 Å². The Balaban J connectivity index is 2.67. The topological polar surface area (TPSA) is 39.2 Å². The number of carbonyl (C=O) groups excluding carboxylic acids is 1. The molecule has 0 saturated carbocycles. The summed E-state index contributed by atoms with van der Waals surface area (Å²) in [6.07, 6.45) is 0. The Morgan fingerprint density at radius 1 is 1.35 bits per heavy atom. The number of fused-ring (bicyclic) bond motifs is 1. The summed E-state index contributed by atoms with van der Waals surface area (Å²) in [6.45, 7) is 1.98. The van der Waals surface area contributed by atoms with E-state index in [0.717, 1.165) is 0 Å². The highest BCUT2D eigenvalue weighted by Gasteiger charge is 2.19. The predicted molar refractivity (Wildman–Crippen MR) is 67.7 cm³/mol. The van der Waals surface area contributed by atoms with Crippen molar-refractivity contribution in [3.63, 3.8) is 0 Å². The number of para-hydroxylation sites is 1. The van der Waals surface area contributed by atoms with Crippen molar-refractivity contribution in [2.75, 3.05) is 6.61 Å². The average molecular weight is 270 g/mol. The van der Waals surface area contributed by atoms with Gasteiger partial charge in [0.05, 0.1) is 17.1 Å². The smallest absolute Gasteiger partial charge is 0.342 e. The maximum absolute atomic E-state index is 11.7. The van der Waals surface area contributed by atoms with Crippen LogP contribution in [0.2, 0.25) is 10.2 Å². The van der Waals surface area contributed by atoms with Crippen LogP contribution in [0.4, 0.5) is 0 Å². The summed E-state index contributed by atoms with van der Waals surface area (Å²) in [5.41, 5.74) is 0.768. The summed E-state index contributed by atoms with van der Waals surface area (Å²) < 4.78 is 4.89. The van der Waals surface area contributed by atoms with E-state index in [9.17, 15) is 4.79 Å². The van der Waals surface area contributed by atoms with Crippen LogP contribution in [0.5, 0.6) is 0 Å². The summed E-state index contributed by atoms with van der Waals surface area (Å²) in [4.78, 5) is 15.8. The fourth-order valence-electron chi connectivity index (χ4n) is 1.52. The predicted octanol–water partition coefficient (Wildman–Crippen LogP) is 3.72. The van der Waals surface area contributed by atoms with Gasteiger partial charge in [-0.3, -0.25) is 0 Å². The highest BCUT2D eigenvalue weighted by molar-refractivity contribution is 6.42. The van der Waals surface area contributed by atoms with Crippen LogP contribution in [0, 0.1) is 0 Å². The lowest BCUT2D eigenvalue weighted by Crippen LogP contribution is -2.07. The Kier molecular flexibility index (Phi) is 3.50. The number of aromatic nitrogens is 1. The van der Waals surface area contributed by atoms with Crippen molar-refractivity contribution in [3.8, 4) is 0 Å². The molecule has 1 aromatic heterocycles. The Morgan fingerprint density at radius 3 is 2.76 bits per heavy atom. The minimum absolute atomic E-state index is 0.0622. The van der Waals surface area contributed by atoms with E-state index in [1.165, 1.54) is 0 Å². The van der Waals surface area contributed by atoms with Gasteiger partial charge in [-0.15, -0.1) is 0 Å². The molecule has 2 rings (SSSR count). The van der Waals surface area contributed by atoms with Crippen LogP contribution in [-0.4, -0.2) is 17.6 Å². The number of benzene rings is 1. The molecule has 0 saturated heterocycles. The number of ether oxygens (including phenoxy) is 1. The molecule has 0 aliphatic rings. The first-order chi connectivity index (χ1) is 8.15. The molecule has 3 nitrogen and oxygen atoms in total. The van der Waals surface area contributed by atoms with Gasteiger partial charge in [0.2, 0.25) is 0 Å². The van der Waals surface area contributed by atoms with Crippen LogP contribution in [-0.2, 0) is 4.74 Å². The molecule has 0 bridgehead atoms. The Hall–Kier alpha value is -1.32. The van der Waals surface area contributed by atoms with Gasteiger partial charge in [0, 0.05) is 5.39 Å². The molecule has 0 N–H and O–H groups in total. The molecule has 5 heteroatoms. The highest BCUT2D eigenvalue weighted by Crippen LogP contribution is 2.31. The lowest BCUT2D eigenvalue weighted by Gasteiger charge is -2.08. The van der Waals surface area contributed by atoms with Gasteiger partial charge in [-0.05, 0) is 13.0 Å². The number of pyridine rings is 1. The molecule has 0 amide bonds. The second-order valence-electron chi connectivity index (χ2n) is 3.33. The van der Waals surface area contributed by atoms with E-state index < -0.39 is 5.97 Å². The molecule has 0 atom stereocenters. The number of esters is 1.